The Morgan fingerprint density at radius 2 is 0.852 bits per heavy atom. The Hall–Kier alpha value is -7.30. The average molecular weight is 693 g/mol. The van der Waals surface area contributed by atoms with Crippen molar-refractivity contribution < 1.29 is 9.59 Å². The Bertz CT molecular complexity index is 2840. The largest absolute Gasteiger partial charge is 0.308 e. The zero-order valence-corrected chi connectivity index (χ0v) is 29.2. The third-order valence-electron chi connectivity index (χ3n) is 10.5. The molecule has 2 amide bonds. The summed E-state index contributed by atoms with van der Waals surface area (Å²) in [6.45, 7) is 0. The number of fused-ring (bicyclic) bond motifs is 4. The second-order valence-corrected chi connectivity index (χ2v) is 13.6. The summed E-state index contributed by atoms with van der Waals surface area (Å²) in [5.41, 5.74) is 11.7. The summed E-state index contributed by atoms with van der Waals surface area (Å²) in [4.78, 5) is 31.5. The van der Waals surface area contributed by atoms with Gasteiger partial charge in [0.1, 0.15) is 0 Å². The first-order chi connectivity index (χ1) is 26.7. The van der Waals surface area contributed by atoms with Gasteiger partial charge in [-0.3, -0.25) is 9.59 Å². The van der Waals surface area contributed by atoms with Crippen molar-refractivity contribution in [3.8, 4) is 50.2 Å². The van der Waals surface area contributed by atoms with Gasteiger partial charge in [0.05, 0.1) is 33.5 Å². The lowest BCUT2D eigenvalue weighted by molar-refractivity contribution is 0.0926. The van der Waals surface area contributed by atoms with E-state index in [9.17, 15) is 4.79 Å². The van der Waals surface area contributed by atoms with Gasteiger partial charge in [0.2, 0.25) is 0 Å². The maximum Gasteiger partial charge on any atom is 0.268 e. The van der Waals surface area contributed by atoms with Crippen LogP contribution in [0.5, 0.6) is 0 Å². The average Bonchev–Trinajstić information content (AvgIpc) is 3.71. The smallest absolute Gasteiger partial charge is 0.268 e. The van der Waals surface area contributed by atoms with Gasteiger partial charge in [-0.1, -0.05) is 152 Å². The summed E-state index contributed by atoms with van der Waals surface area (Å²) in [6.07, 6.45) is 0. The van der Waals surface area contributed by atoms with Gasteiger partial charge < -0.3 is 4.57 Å². The Labute approximate surface area is 312 Å². The van der Waals surface area contributed by atoms with Gasteiger partial charge >= 0.3 is 0 Å². The van der Waals surface area contributed by atoms with E-state index in [4.69, 9.17) is 0 Å². The normalized spacial score (nSPS) is 12.5. The summed E-state index contributed by atoms with van der Waals surface area (Å²) in [5.74, 6) is -0.690. The van der Waals surface area contributed by atoms with Crippen molar-refractivity contribution in [1.29, 1.82) is 0 Å². The van der Waals surface area contributed by atoms with Crippen LogP contribution in [0.15, 0.2) is 194 Å². The fourth-order valence-electron chi connectivity index (χ4n) is 8.05. The first kappa shape index (κ1) is 31.4. The van der Waals surface area contributed by atoms with Gasteiger partial charge in [-0.2, -0.15) is 0 Å². The molecule has 0 saturated carbocycles. The van der Waals surface area contributed by atoms with Crippen molar-refractivity contribution >= 4 is 39.3 Å². The Kier molecular flexibility index (Phi) is 7.41. The first-order valence-corrected chi connectivity index (χ1v) is 18.1. The molecule has 8 aromatic carbocycles. The number of carbonyl (C=O) groups is 2. The fraction of sp³-hybridized carbons (Fsp3) is 0. The number of rotatable bonds is 6. The van der Waals surface area contributed by atoms with Gasteiger partial charge in [0, 0.05) is 21.9 Å². The van der Waals surface area contributed by atoms with Gasteiger partial charge in [-0.05, 0) is 75.8 Å². The molecule has 1 aromatic heterocycles. The van der Waals surface area contributed by atoms with Gasteiger partial charge in [0.25, 0.3) is 11.8 Å². The molecule has 4 heteroatoms. The highest BCUT2D eigenvalue weighted by atomic mass is 16.2. The number of benzene rings is 8. The summed E-state index contributed by atoms with van der Waals surface area (Å²) in [6, 6.07) is 65.2. The van der Waals surface area contributed by atoms with Crippen molar-refractivity contribution in [1.82, 2.24) is 4.57 Å². The number of imide groups is 1. The molecule has 2 heterocycles. The van der Waals surface area contributed by atoms with Crippen LogP contribution in [-0.4, -0.2) is 16.4 Å². The Morgan fingerprint density at radius 1 is 0.333 bits per heavy atom. The van der Waals surface area contributed by atoms with Crippen LogP contribution in [-0.2, 0) is 0 Å². The third-order valence-corrected chi connectivity index (χ3v) is 10.5. The molecule has 10 rings (SSSR count). The molecular weight excluding hydrogens is 661 g/mol. The predicted molar refractivity (Wildman–Crippen MR) is 220 cm³/mol. The van der Waals surface area contributed by atoms with E-state index in [0.29, 0.717) is 22.5 Å². The third kappa shape index (κ3) is 5.00. The van der Waals surface area contributed by atoms with Crippen molar-refractivity contribution in [2.45, 2.75) is 0 Å². The molecule has 54 heavy (non-hydrogen) atoms. The molecular formula is C50H32N2O2. The van der Waals surface area contributed by atoms with Crippen molar-refractivity contribution in [2.24, 2.45) is 0 Å². The van der Waals surface area contributed by atoms with Crippen LogP contribution in [0.4, 0.5) is 5.69 Å². The number of carbonyl (C=O) groups excluding carboxylic acids is 2. The second kappa shape index (κ2) is 12.7. The molecule has 4 nitrogen and oxygen atoms in total. The summed E-state index contributed by atoms with van der Waals surface area (Å²) < 4.78 is 2.14. The topological polar surface area (TPSA) is 42.3 Å². The highest BCUT2D eigenvalue weighted by molar-refractivity contribution is 6.37. The van der Waals surface area contributed by atoms with E-state index in [1.165, 1.54) is 4.90 Å². The van der Waals surface area contributed by atoms with Crippen LogP contribution in [0.1, 0.15) is 20.7 Å². The lowest BCUT2D eigenvalue weighted by atomic mass is 9.90. The number of para-hydroxylation sites is 1. The van der Waals surface area contributed by atoms with E-state index in [1.807, 2.05) is 121 Å². The summed E-state index contributed by atoms with van der Waals surface area (Å²) in [7, 11) is 0. The molecule has 0 bridgehead atoms. The van der Waals surface area contributed by atoms with E-state index in [-0.39, 0.29) is 11.8 Å². The SMILES string of the molecule is O=C1c2cccc(-n3c4ccccc4c4cc(-c5ccccc5)ccc43)c2C(=O)N1c1c(-c2ccccc2)cc(-c2ccccc2)cc1-c1ccccc1. The van der Waals surface area contributed by atoms with Crippen LogP contribution in [0.3, 0.4) is 0 Å². The Balaban J connectivity index is 1.21. The molecule has 254 valence electrons. The van der Waals surface area contributed by atoms with Crippen molar-refractivity contribution in [3.63, 3.8) is 0 Å². The van der Waals surface area contributed by atoms with E-state index < -0.39 is 0 Å². The minimum absolute atomic E-state index is 0.342. The molecule has 9 aromatic rings. The summed E-state index contributed by atoms with van der Waals surface area (Å²) >= 11 is 0. The van der Waals surface area contributed by atoms with E-state index >= 15 is 4.79 Å². The van der Waals surface area contributed by atoms with Crippen LogP contribution in [0.25, 0.3) is 72.0 Å². The maximum absolute atomic E-state index is 15.2. The molecule has 0 N–H and O–H groups in total. The number of aromatic nitrogens is 1. The van der Waals surface area contributed by atoms with Crippen molar-refractivity contribution in [3.05, 3.63) is 205 Å². The van der Waals surface area contributed by atoms with E-state index in [2.05, 4.69) is 71.3 Å². The van der Waals surface area contributed by atoms with Crippen molar-refractivity contribution in [2.75, 3.05) is 4.90 Å². The lowest BCUT2D eigenvalue weighted by Crippen LogP contribution is -2.30. The molecule has 0 atom stereocenters. The fourth-order valence-corrected chi connectivity index (χ4v) is 8.05. The molecule has 1 aliphatic rings. The van der Waals surface area contributed by atoms with Crippen LogP contribution < -0.4 is 4.90 Å². The predicted octanol–water partition coefficient (Wildman–Crippen LogP) is 12.3. The van der Waals surface area contributed by atoms with Crippen LogP contribution in [0, 0.1) is 0 Å². The maximum atomic E-state index is 15.2. The number of nitrogens with zero attached hydrogens (tertiary/aromatic N) is 2. The number of amides is 2. The highest BCUT2D eigenvalue weighted by Gasteiger charge is 2.41. The standard InChI is InChI=1S/C50H32N2O2/c53-49-40-25-15-27-46(51-44-26-14-13-24-39(44)43-30-37(28-29-45(43)51)33-16-5-1-6-17-33)47(40)50(54)52(49)48-41(35-20-9-3-10-21-35)31-38(34-18-7-2-8-19-34)32-42(48)36-22-11-4-12-23-36/h1-32H. The lowest BCUT2D eigenvalue weighted by Gasteiger charge is -2.24. The zero-order valence-electron chi connectivity index (χ0n) is 29.2. The van der Waals surface area contributed by atoms with Gasteiger partial charge in [-0.15, -0.1) is 0 Å². The second-order valence-electron chi connectivity index (χ2n) is 13.6. The van der Waals surface area contributed by atoms with Crippen LogP contribution in [0.2, 0.25) is 0 Å². The zero-order chi connectivity index (χ0) is 36.2. The molecule has 0 spiro atoms. The monoisotopic (exact) mass is 692 g/mol. The van der Waals surface area contributed by atoms with Crippen LogP contribution >= 0.6 is 0 Å². The van der Waals surface area contributed by atoms with Gasteiger partial charge in [-0.25, -0.2) is 4.90 Å². The van der Waals surface area contributed by atoms with E-state index in [0.717, 1.165) is 66.3 Å². The Morgan fingerprint density at radius 3 is 1.46 bits per heavy atom. The molecule has 0 fully saturated rings. The quantitative estimate of drug-likeness (QED) is 0.163. The number of hydrogen-bond acceptors (Lipinski definition) is 2. The molecule has 0 unspecified atom stereocenters. The van der Waals surface area contributed by atoms with E-state index in [1.54, 1.807) is 6.07 Å². The number of anilines is 1. The minimum atomic E-state index is -0.348. The highest BCUT2D eigenvalue weighted by Crippen LogP contribution is 2.47. The molecule has 0 radical (unpaired) electrons. The number of hydrogen-bond donors (Lipinski definition) is 0. The van der Waals surface area contributed by atoms with Gasteiger partial charge in [0.15, 0.2) is 0 Å². The summed E-state index contributed by atoms with van der Waals surface area (Å²) in [5, 5.41) is 2.15. The first-order valence-electron chi connectivity index (χ1n) is 18.1. The molecule has 0 aliphatic carbocycles. The molecule has 0 saturated heterocycles. The minimum Gasteiger partial charge on any atom is -0.308 e. The molecule has 1 aliphatic heterocycles.